The first-order chi connectivity index (χ1) is 9.16. The molecule has 19 heavy (non-hydrogen) atoms. The molecule has 1 N–H and O–H groups in total. The van der Waals surface area contributed by atoms with Crippen molar-refractivity contribution in [1.82, 2.24) is 4.90 Å². The Morgan fingerprint density at radius 1 is 1.42 bits per heavy atom. The van der Waals surface area contributed by atoms with Crippen molar-refractivity contribution in [2.75, 3.05) is 11.9 Å². The predicted octanol–water partition coefficient (Wildman–Crippen LogP) is 3.48. The normalized spacial score (nSPS) is 30.1. The van der Waals surface area contributed by atoms with Crippen LogP contribution >= 0.6 is 0 Å². The smallest absolute Gasteiger partial charge is 0.257 e. The summed E-state index contributed by atoms with van der Waals surface area (Å²) >= 11 is 0. The molecule has 1 aliphatic heterocycles. The number of anilines is 1. The highest BCUT2D eigenvalue weighted by Gasteiger charge is 2.45. The van der Waals surface area contributed by atoms with Crippen molar-refractivity contribution < 1.29 is 4.79 Å². The van der Waals surface area contributed by atoms with E-state index in [1.807, 2.05) is 29.2 Å². The number of nitrogens with one attached hydrogen (secondary N) is 1. The van der Waals surface area contributed by atoms with Crippen LogP contribution in [0.5, 0.6) is 0 Å². The average molecular weight is 258 g/mol. The topological polar surface area (TPSA) is 32.3 Å². The molecule has 2 unspecified atom stereocenters. The summed E-state index contributed by atoms with van der Waals surface area (Å²) in [5.41, 5.74) is 1.66. The number of carbonyl (C=O) groups excluding carboxylic acids is 1. The molecular weight excluding hydrogens is 236 g/mol. The Labute approximate surface area is 115 Å². The first kappa shape index (κ1) is 12.5. The van der Waals surface area contributed by atoms with Crippen LogP contribution in [0.2, 0.25) is 0 Å². The standard InChI is InChI=1S/C16H22N2O/c1-3-18-15(19)13-8-4-5-9-14(13)17-16(18)10-6-7-12(2)11-16/h4-5,8-9,12,17H,3,6-7,10-11H2,1-2H3. The monoisotopic (exact) mass is 258 g/mol. The van der Waals surface area contributed by atoms with E-state index < -0.39 is 0 Å². The van der Waals surface area contributed by atoms with Gasteiger partial charge in [0.15, 0.2) is 0 Å². The van der Waals surface area contributed by atoms with Gasteiger partial charge in [0.2, 0.25) is 0 Å². The molecule has 1 spiro atoms. The third-order valence-electron chi connectivity index (χ3n) is 4.58. The van der Waals surface area contributed by atoms with E-state index >= 15 is 0 Å². The molecule has 0 aromatic heterocycles. The van der Waals surface area contributed by atoms with Gasteiger partial charge in [0.1, 0.15) is 5.66 Å². The Kier molecular flexibility index (Phi) is 3.00. The first-order valence-corrected chi connectivity index (χ1v) is 7.35. The van der Waals surface area contributed by atoms with Crippen molar-refractivity contribution in [2.24, 2.45) is 5.92 Å². The van der Waals surface area contributed by atoms with Crippen molar-refractivity contribution in [3.63, 3.8) is 0 Å². The number of benzene rings is 1. The fourth-order valence-electron chi connectivity index (χ4n) is 3.77. The summed E-state index contributed by atoms with van der Waals surface area (Å²) in [7, 11) is 0. The third kappa shape index (κ3) is 1.92. The van der Waals surface area contributed by atoms with Crippen molar-refractivity contribution in [3.05, 3.63) is 29.8 Å². The van der Waals surface area contributed by atoms with E-state index in [1.165, 1.54) is 12.8 Å². The summed E-state index contributed by atoms with van der Waals surface area (Å²) in [6, 6.07) is 7.89. The predicted molar refractivity (Wildman–Crippen MR) is 77.1 cm³/mol. The van der Waals surface area contributed by atoms with Crippen LogP contribution in [-0.4, -0.2) is 23.0 Å². The minimum absolute atomic E-state index is 0.155. The first-order valence-electron chi connectivity index (χ1n) is 7.35. The lowest BCUT2D eigenvalue weighted by molar-refractivity contribution is 0.0351. The largest absolute Gasteiger partial charge is 0.362 e. The summed E-state index contributed by atoms with van der Waals surface area (Å²) in [6.45, 7) is 5.14. The molecule has 1 aromatic rings. The molecule has 1 fully saturated rings. The van der Waals surface area contributed by atoms with Gasteiger partial charge in [-0.1, -0.05) is 25.5 Å². The maximum absolute atomic E-state index is 12.7. The molecule has 3 nitrogen and oxygen atoms in total. The second kappa shape index (κ2) is 4.55. The Hall–Kier alpha value is -1.51. The van der Waals surface area contributed by atoms with Crippen LogP contribution in [0.15, 0.2) is 24.3 Å². The minimum Gasteiger partial charge on any atom is -0.362 e. The van der Waals surface area contributed by atoms with E-state index in [1.54, 1.807) is 0 Å². The van der Waals surface area contributed by atoms with Gasteiger partial charge in [0, 0.05) is 12.2 Å². The van der Waals surface area contributed by atoms with Crippen LogP contribution in [0.3, 0.4) is 0 Å². The molecule has 1 amide bonds. The molecule has 102 valence electrons. The Morgan fingerprint density at radius 3 is 2.95 bits per heavy atom. The fourth-order valence-corrected chi connectivity index (χ4v) is 3.77. The van der Waals surface area contributed by atoms with Crippen molar-refractivity contribution in [2.45, 2.75) is 45.2 Å². The second-order valence-corrected chi connectivity index (χ2v) is 5.95. The minimum atomic E-state index is -0.155. The number of fused-ring (bicyclic) bond motifs is 1. The molecule has 0 saturated heterocycles. The summed E-state index contributed by atoms with van der Waals surface area (Å²) in [5.74, 6) is 0.860. The number of carbonyl (C=O) groups is 1. The summed E-state index contributed by atoms with van der Waals surface area (Å²) in [6.07, 6.45) is 4.59. The van der Waals surface area contributed by atoms with Crippen LogP contribution in [0.4, 0.5) is 5.69 Å². The number of nitrogens with zero attached hydrogens (tertiary/aromatic N) is 1. The lowest BCUT2D eigenvalue weighted by atomic mass is 9.79. The van der Waals surface area contributed by atoms with Gasteiger partial charge in [-0.2, -0.15) is 0 Å². The quantitative estimate of drug-likeness (QED) is 0.836. The summed E-state index contributed by atoms with van der Waals surface area (Å²) in [5, 5.41) is 3.68. The molecule has 1 heterocycles. The van der Waals surface area contributed by atoms with E-state index in [9.17, 15) is 4.79 Å². The average Bonchev–Trinajstić information content (AvgIpc) is 2.39. The zero-order valence-corrected chi connectivity index (χ0v) is 11.8. The zero-order chi connectivity index (χ0) is 13.5. The van der Waals surface area contributed by atoms with Gasteiger partial charge in [0.25, 0.3) is 5.91 Å². The van der Waals surface area contributed by atoms with Crippen LogP contribution < -0.4 is 5.32 Å². The SMILES string of the molecule is CCN1C(=O)c2ccccc2NC12CCCC(C)C2. The van der Waals surface area contributed by atoms with Crippen molar-refractivity contribution >= 4 is 11.6 Å². The molecule has 1 saturated carbocycles. The number of rotatable bonds is 1. The number of para-hydroxylation sites is 1. The Bertz CT molecular complexity index is 499. The van der Waals surface area contributed by atoms with Gasteiger partial charge >= 0.3 is 0 Å². The number of hydrogen-bond donors (Lipinski definition) is 1. The van der Waals surface area contributed by atoms with Crippen LogP contribution in [0.1, 0.15) is 49.9 Å². The highest BCUT2D eigenvalue weighted by Crippen LogP contribution is 2.41. The molecule has 3 heteroatoms. The van der Waals surface area contributed by atoms with Gasteiger partial charge in [-0.05, 0) is 44.2 Å². The molecule has 1 aromatic carbocycles. The molecule has 0 bridgehead atoms. The molecule has 0 radical (unpaired) electrons. The van der Waals surface area contributed by atoms with Crippen LogP contribution in [-0.2, 0) is 0 Å². The fraction of sp³-hybridized carbons (Fsp3) is 0.562. The van der Waals surface area contributed by atoms with E-state index in [0.29, 0.717) is 5.92 Å². The van der Waals surface area contributed by atoms with Crippen LogP contribution in [0.25, 0.3) is 0 Å². The molecule has 2 atom stereocenters. The number of amides is 1. The van der Waals surface area contributed by atoms with E-state index in [0.717, 1.165) is 30.6 Å². The van der Waals surface area contributed by atoms with Crippen molar-refractivity contribution in [3.8, 4) is 0 Å². The van der Waals surface area contributed by atoms with Gasteiger partial charge in [-0.3, -0.25) is 4.79 Å². The van der Waals surface area contributed by atoms with Crippen molar-refractivity contribution in [1.29, 1.82) is 0 Å². The van der Waals surface area contributed by atoms with E-state index in [2.05, 4.69) is 19.2 Å². The lowest BCUT2D eigenvalue weighted by Gasteiger charge is -2.51. The Balaban J connectivity index is 2.04. The summed E-state index contributed by atoms with van der Waals surface area (Å²) in [4.78, 5) is 14.8. The lowest BCUT2D eigenvalue weighted by Crippen LogP contribution is -2.61. The molecule has 1 aliphatic carbocycles. The van der Waals surface area contributed by atoms with Gasteiger partial charge in [0.05, 0.1) is 5.56 Å². The highest BCUT2D eigenvalue weighted by molar-refractivity contribution is 6.02. The Morgan fingerprint density at radius 2 is 2.21 bits per heavy atom. The molecule has 3 rings (SSSR count). The maximum atomic E-state index is 12.7. The molecule has 2 aliphatic rings. The van der Waals surface area contributed by atoms with Gasteiger partial charge in [-0.15, -0.1) is 0 Å². The van der Waals surface area contributed by atoms with Gasteiger partial charge in [-0.25, -0.2) is 0 Å². The third-order valence-corrected chi connectivity index (χ3v) is 4.58. The highest BCUT2D eigenvalue weighted by atomic mass is 16.2. The number of hydrogen-bond acceptors (Lipinski definition) is 2. The summed E-state index contributed by atoms with van der Waals surface area (Å²) < 4.78 is 0. The van der Waals surface area contributed by atoms with Gasteiger partial charge < -0.3 is 10.2 Å². The molecular formula is C16H22N2O. The van der Waals surface area contributed by atoms with E-state index in [-0.39, 0.29) is 11.6 Å². The van der Waals surface area contributed by atoms with E-state index in [4.69, 9.17) is 0 Å². The zero-order valence-electron chi connectivity index (χ0n) is 11.8. The van der Waals surface area contributed by atoms with Crippen LogP contribution in [0, 0.1) is 5.92 Å². The maximum Gasteiger partial charge on any atom is 0.257 e. The second-order valence-electron chi connectivity index (χ2n) is 5.95.